The van der Waals surface area contributed by atoms with Crippen molar-refractivity contribution in [2.24, 2.45) is 5.73 Å². The quantitative estimate of drug-likeness (QED) is 0.755. The SMILES string of the molecule is CC(CCN(C)C)NC(=O)C(N)CCc1ccccc1. The third kappa shape index (κ3) is 6.68. The molecule has 1 rings (SSSR count). The maximum atomic E-state index is 12.0. The van der Waals surface area contributed by atoms with Crippen LogP contribution in [0.25, 0.3) is 0 Å². The van der Waals surface area contributed by atoms with Gasteiger partial charge in [0.2, 0.25) is 5.91 Å². The van der Waals surface area contributed by atoms with E-state index in [4.69, 9.17) is 5.73 Å². The first-order valence-corrected chi connectivity index (χ1v) is 7.23. The molecule has 2 unspecified atom stereocenters. The molecule has 0 aliphatic carbocycles. The van der Waals surface area contributed by atoms with E-state index < -0.39 is 6.04 Å². The van der Waals surface area contributed by atoms with E-state index in [9.17, 15) is 4.79 Å². The summed E-state index contributed by atoms with van der Waals surface area (Å²) in [5.41, 5.74) is 7.17. The second-order valence-corrected chi connectivity index (χ2v) is 5.63. The minimum Gasteiger partial charge on any atom is -0.352 e. The van der Waals surface area contributed by atoms with Crippen LogP contribution in [0.2, 0.25) is 0 Å². The van der Waals surface area contributed by atoms with E-state index in [1.54, 1.807) is 0 Å². The molecule has 0 aliphatic rings. The van der Waals surface area contributed by atoms with E-state index >= 15 is 0 Å². The molecule has 4 heteroatoms. The van der Waals surface area contributed by atoms with Gasteiger partial charge in [-0.3, -0.25) is 4.79 Å². The van der Waals surface area contributed by atoms with Crippen LogP contribution in [0.5, 0.6) is 0 Å². The second-order valence-electron chi connectivity index (χ2n) is 5.63. The van der Waals surface area contributed by atoms with Gasteiger partial charge in [0.25, 0.3) is 0 Å². The van der Waals surface area contributed by atoms with Crippen LogP contribution in [0.15, 0.2) is 30.3 Å². The Bertz CT molecular complexity index is 392. The van der Waals surface area contributed by atoms with Gasteiger partial charge in [-0.25, -0.2) is 0 Å². The molecule has 0 saturated heterocycles. The minimum atomic E-state index is -0.433. The van der Waals surface area contributed by atoms with Gasteiger partial charge >= 0.3 is 0 Å². The molecule has 0 radical (unpaired) electrons. The van der Waals surface area contributed by atoms with Crippen molar-refractivity contribution in [2.75, 3.05) is 20.6 Å². The van der Waals surface area contributed by atoms with Crippen LogP contribution in [-0.2, 0) is 11.2 Å². The number of hydrogen-bond acceptors (Lipinski definition) is 3. The lowest BCUT2D eigenvalue weighted by atomic mass is 10.0. The van der Waals surface area contributed by atoms with Gasteiger partial charge in [-0.05, 0) is 52.4 Å². The van der Waals surface area contributed by atoms with Gasteiger partial charge in [0.15, 0.2) is 0 Å². The van der Waals surface area contributed by atoms with Crippen molar-refractivity contribution < 1.29 is 4.79 Å². The Morgan fingerprint density at radius 1 is 1.25 bits per heavy atom. The molecular weight excluding hydrogens is 250 g/mol. The number of hydrogen-bond donors (Lipinski definition) is 2. The normalized spacial score (nSPS) is 14.1. The molecule has 1 aromatic rings. The van der Waals surface area contributed by atoms with E-state index in [1.165, 1.54) is 5.56 Å². The van der Waals surface area contributed by atoms with Crippen LogP contribution in [0.4, 0.5) is 0 Å². The summed E-state index contributed by atoms with van der Waals surface area (Å²) in [5, 5.41) is 2.98. The standard InChI is InChI=1S/C16H27N3O/c1-13(11-12-19(2)3)18-16(20)15(17)10-9-14-7-5-4-6-8-14/h4-8,13,15H,9-12,17H2,1-3H3,(H,18,20). The lowest BCUT2D eigenvalue weighted by molar-refractivity contribution is -0.123. The molecule has 0 spiro atoms. The number of nitrogens with zero attached hydrogens (tertiary/aromatic N) is 1. The Hall–Kier alpha value is -1.39. The second kappa shape index (κ2) is 8.72. The Morgan fingerprint density at radius 2 is 1.90 bits per heavy atom. The highest BCUT2D eigenvalue weighted by molar-refractivity contribution is 5.81. The number of carbonyl (C=O) groups is 1. The molecule has 0 fully saturated rings. The summed E-state index contributed by atoms with van der Waals surface area (Å²) in [7, 11) is 4.06. The molecule has 3 N–H and O–H groups in total. The Morgan fingerprint density at radius 3 is 2.50 bits per heavy atom. The zero-order chi connectivity index (χ0) is 15.0. The number of carbonyl (C=O) groups excluding carboxylic acids is 1. The molecule has 0 bridgehead atoms. The van der Waals surface area contributed by atoms with Crippen molar-refractivity contribution in [2.45, 2.75) is 38.3 Å². The lowest BCUT2D eigenvalue weighted by Crippen LogP contribution is -2.45. The summed E-state index contributed by atoms with van der Waals surface area (Å²) in [6.45, 7) is 2.98. The predicted molar refractivity (Wildman–Crippen MR) is 83.5 cm³/mol. The summed E-state index contributed by atoms with van der Waals surface area (Å²) in [4.78, 5) is 14.1. The number of amides is 1. The van der Waals surface area contributed by atoms with Crippen LogP contribution in [0.3, 0.4) is 0 Å². The van der Waals surface area contributed by atoms with Gasteiger partial charge < -0.3 is 16.0 Å². The Labute approximate surface area is 122 Å². The maximum absolute atomic E-state index is 12.0. The monoisotopic (exact) mass is 277 g/mol. The highest BCUT2D eigenvalue weighted by Gasteiger charge is 2.15. The highest BCUT2D eigenvalue weighted by atomic mass is 16.2. The van der Waals surface area contributed by atoms with E-state index in [0.29, 0.717) is 6.42 Å². The van der Waals surface area contributed by atoms with Gasteiger partial charge in [0.1, 0.15) is 0 Å². The smallest absolute Gasteiger partial charge is 0.237 e. The van der Waals surface area contributed by atoms with Crippen molar-refractivity contribution in [1.29, 1.82) is 0 Å². The van der Waals surface area contributed by atoms with Crippen LogP contribution in [0.1, 0.15) is 25.3 Å². The first kappa shape index (κ1) is 16.7. The largest absolute Gasteiger partial charge is 0.352 e. The van der Waals surface area contributed by atoms with E-state index in [2.05, 4.69) is 22.3 Å². The molecule has 2 atom stereocenters. The average molecular weight is 277 g/mol. The van der Waals surface area contributed by atoms with Gasteiger partial charge in [0.05, 0.1) is 6.04 Å². The Kier molecular flexibility index (Phi) is 7.26. The van der Waals surface area contributed by atoms with Crippen LogP contribution in [0, 0.1) is 0 Å². The number of aryl methyl sites for hydroxylation is 1. The van der Waals surface area contributed by atoms with E-state index in [0.717, 1.165) is 19.4 Å². The van der Waals surface area contributed by atoms with Gasteiger partial charge in [-0.1, -0.05) is 30.3 Å². The molecular formula is C16H27N3O. The zero-order valence-corrected chi connectivity index (χ0v) is 12.8. The third-order valence-electron chi connectivity index (χ3n) is 3.32. The van der Waals surface area contributed by atoms with Crippen molar-refractivity contribution in [3.8, 4) is 0 Å². The molecule has 0 aromatic heterocycles. The fourth-order valence-corrected chi connectivity index (χ4v) is 1.97. The van der Waals surface area contributed by atoms with Gasteiger partial charge in [0, 0.05) is 6.04 Å². The van der Waals surface area contributed by atoms with E-state index in [1.807, 2.05) is 39.2 Å². The molecule has 4 nitrogen and oxygen atoms in total. The first-order chi connectivity index (χ1) is 9.49. The average Bonchev–Trinajstić information content (AvgIpc) is 2.43. The summed E-state index contributed by atoms with van der Waals surface area (Å²) in [5.74, 6) is -0.0489. The number of nitrogens with one attached hydrogen (secondary N) is 1. The topological polar surface area (TPSA) is 58.4 Å². The van der Waals surface area contributed by atoms with E-state index in [-0.39, 0.29) is 11.9 Å². The highest BCUT2D eigenvalue weighted by Crippen LogP contribution is 2.04. The summed E-state index contributed by atoms with van der Waals surface area (Å²) < 4.78 is 0. The molecule has 0 aliphatic heterocycles. The molecule has 112 valence electrons. The predicted octanol–water partition coefficient (Wildman–Crippen LogP) is 1.40. The van der Waals surface area contributed by atoms with Crippen molar-refractivity contribution >= 4 is 5.91 Å². The lowest BCUT2D eigenvalue weighted by Gasteiger charge is -2.19. The molecule has 1 amide bonds. The summed E-state index contributed by atoms with van der Waals surface area (Å²) in [6, 6.07) is 9.84. The first-order valence-electron chi connectivity index (χ1n) is 7.23. The van der Waals surface area contributed by atoms with Crippen molar-refractivity contribution in [1.82, 2.24) is 10.2 Å². The number of nitrogens with two attached hydrogens (primary N) is 1. The van der Waals surface area contributed by atoms with Crippen LogP contribution in [-0.4, -0.2) is 43.5 Å². The van der Waals surface area contributed by atoms with Crippen molar-refractivity contribution in [3.63, 3.8) is 0 Å². The molecule has 0 heterocycles. The molecule has 1 aromatic carbocycles. The van der Waals surface area contributed by atoms with Gasteiger partial charge in [-0.2, -0.15) is 0 Å². The summed E-state index contributed by atoms with van der Waals surface area (Å²) in [6.07, 6.45) is 2.45. The van der Waals surface area contributed by atoms with Crippen LogP contribution < -0.4 is 11.1 Å². The van der Waals surface area contributed by atoms with Crippen LogP contribution >= 0.6 is 0 Å². The fraction of sp³-hybridized carbons (Fsp3) is 0.562. The Balaban J connectivity index is 2.28. The third-order valence-corrected chi connectivity index (χ3v) is 3.32. The number of rotatable bonds is 8. The van der Waals surface area contributed by atoms with Crippen molar-refractivity contribution in [3.05, 3.63) is 35.9 Å². The molecule has 20 heavy (non-hydrogen) atoms. The fourth-order valence-electron chi connectivity index (χ4n) is 1.97. The maximum Gasteiger partial charge on any atom is 0.237 e. The zero-order valence-electron chi connectivity index (χ0n) is 12.8. The summed E-state index contributed by atoms with van der Waals surface area (Å²) >= 11 is 0. The van der Waals surface area contributed by atoms with Gasteiger partial charge in [-0.15, -0.1) is 0 Å². The minimum absolute atomic E-state index is 0.0489. The number of benzene rings is 1. The molecule has 0 saturated carbocycles.